The van der Waals surface area contributed by atoms with Gasteiger partial charge in [0, 0.05) is 31.2 Å². The topological polar surface area (TPSA) is 43.1 Å². The smallest absolute Gasteiger partial charge is 0.250 e. The van der Waals surface area contributed by atoms with Crippen LogP contribution >= 0.6 is 0 Å². The normalized spacial score (nSPS) is 33.1. The predicted octanol–water partition coefficient (Wildman–Crippen LogP) is 2.22. The lowest BCUT2D eigenvalue weighted by molar-refractivity contribution is -0.139. The molecule has 0 amide bonds. The predicted molar refractivity (Wildman–Crippen MR) is 54.7 cm³/mol. The summed E-state index contributed by atoms with van der Waals surface area (Å²) in [6.45, 7) is 3.40. The molecule has 0 aromatic heterocycles. The molecule has 1 fully saturated rings. The van der Waals surface area contributed by atoms with Gasteiger partial charge < -0.3 is 5.73 Å². The third kappa shape index (κ3) is 2.36. The van der Waals surface area contributed by atoms with E-state index >= 15 is 0 Å². The van der Waals surface area contributed by atoms with Gasteiger partial charge in [-0.1, -0.05) is 13.8 Å². The van der Waals surface area contributed by atoms with E-state index in [1.54, 1.807) is 6.92 Å². The lowest BCUT2D eigenvalue weighted by Gasteiger charge is -2.38. The van der Waals surface area contributed by atoms with Gasteiger partial charge in [-0.05, 0) is 12.3 Å². The summed E-state index contributed by atoms with van der Waals surface area (Å²) in [7, 11) is 0. The first-order valence-corrected chi connectivity index (χ1v) is 5.54. The number of halogens is 2. The molecule has 2 nitrogen and oxygen atoms in total. The van der Waals surface area contributed by atoms with Crippen molar-refractivity contribution in [2.45, 2.75) is 39.0 Å². The van der Waals surface area contributed by atoms with E-state index in [0.717, 1.165) is 0 Å². The zero-order valence-electron chi connectivity index (χ0n) is 9.30. The molecule has 88 valence electrons. The standard InChI is InChI=1S/C11H19F2NO/c1-3-11(12,13)9-4-5-10(15)8(6-14)7(9)2/h7-9H,3-6,14H2,1-2H3. The Labute approximate surface area is 89.2 Å². The maximum absolute atomic E-state index is 13.6. The van der Waals surface area contributed by atoms with E-state index in [9.17, 15) is 13.6 Å². The van der Waals surface area contributed by atoms with Gasteiger partial charge in [-0.25, -0.2) is 8.78 Å². The van der Waals surface area contributed by atoms with Gasteiger partial charge in [0.25, 0.3) is 5.92 Å². The van der Waals surface area contributed by atoms with Gasteiger partial charge in [-0.2, -0.15) is 0 Å². The summed E-state index contributed by atoms with van der Waals surface area (Å²) in [5.74, 6) is -3.97. The monoisotopic (exact) mass is 219 g/mol. The molecule has 0 spiro atoms. The molecule has 1 aliphatic carbocycles. The van der Waals surface area contributed by atoms with Gasteiger partial charge in [0.2, 0.25) is 0 Å². The van der Waals surface area contributed by atoms with Crippen LogP contribution in [0.4, 0.5) is 8.78 Å². The number of carbonyl (C=O) groups excluding carboxylic acids is 1. The molecule has 0 saturated heterocycles. The van der Waals surface area contributed by atoms with Crippen molar-refractivity contribution in [2.24, 2.45) is 23.5 Å². The van der Waals surface area contributed by atoms with Crippen LogP contribution in [0.15, 0.2) is 0 Å². The Morgan fingerprint density at radius 3 is 2.60 bits per heavy atom. The van der Waals surface area contributed by atoms with Gasteiger partial charge in [-0.15, -0.1) is 0 Å². The van der Waals surface area contributed by atoms with Crippen molar-refractivity contribution in [1.29, 1.82) is 0 Å². The highest BCUT2D eigenvalue weighted by Crippen LogP contribution is 2.43. The Kier molecular flexibility index (Phi) is 3.82. The van der Waals surface area contributed by atoms with E-state index in [4.69, 9.17) is 5.73 Å². The minimum Gasteiger partial charge on any atom is -0.330 e. The quantitative estimate of drug-likeness (QED) is 0.791. The van der Waals surface area contributed by atoms with E-state index in [1.807, 2.05) is 0 Å². The highest BCUT2D eigenvalue weighted by atomic mass is 19.3. The van der Waals surface area contributed by atoms with Gasteiger partial charge in [-0.3, -0.25) is 4.79 Å². The molecule has 1 saturated carbocycles. The molecule has 0 aromatic rings. The second-order valence-electron chi connectivity index (χ2n) is 4.43. The molecule has 15 heavy (non-hydrogen) atoms. The van der Waals surface area contributed by atoms with E-state index in [-0.39, 0.29) is 37.0 Å². The molecular formula is C11H19F2NO. The fourth-order valence-electron chi connectivity index (χ4n) is 2.52. The van der Waals surface area contributed by atoms with Crippen LogP contribution in [0.2, 0.25) is 0 Å². The van der Waals surface area contributed by atoms with Crippen molar-refractivity contribution in [2.75, 3.05) is 6.54 Å². The van der Waals surface area contributed by atoms with E-state index in [0.29, 0.717) is 6.42 Å². The molecule has 4 heteroatoms. The zero-order chi connectivity index (χ0) is 11.6. The summed E-state index contributed by atoms with van der Waals surface area (Å²) < 4.78 is 27.1. The highest BCUT2D eigenvalue weighted by Gasteiger charge is 2.47. The van der Waals surface area contributed by atoms with E-state index in [1.165, 1.54) is 6.92 Å². The number of rotatable bonds is 3. The fraction of sp³-hybridized carbons (Fsp3) is 0.909. The number of ketones is 1. The second-order valence-corrected chi connectivity index (χ2v) is 4.43. The number of Topliss-reactive ketones (excluding diaryl/α,β-unsaturated/α-hetero) is 1. The van der Waals surface area contributed by atoms with Crippen LogP contribution in [0.3, 0.4) is 0 Å². The average molecular weight is 219 g/mol. The molecule has 0 aromatic carbocycles. The molecule has 1 aliphatic rings. The van der Waals surface area contributed by atoms with Crippen molar-refractivity contribution < 1.29 is 13.6 Å². The maximum Gasteiger partial charge on any atom is 0.250 e. The summed E-state index contributed by atoms with van der Waals surface area (Å²) in [6.07, 6.45) is 0.400. The molecule has 0 heterocycles. The largest absolute Gasteiger partial charge is 0.330 e. The van der Waals surface area contributed by atoms with Gasteiger partial charge in [0.15, 0.2) is 0 Å². The van der Waals surface area contributed by atoms with Crippen molar-refractivity contribution in [3.8, 4) is 0 Å². The van der Waals surface area contributed by atoms with Crippen LogP contribution in [0, 0.1) is 17.8 Å². The van der Waals surface area contributed by atoms with Crippen molar-refractivity contribution in [3.05, 3.63) is 0 Å². The number of carbonyl (C=O) groups is 1. The number of alkyl halides is 2. The summed E-state index contributed by atoms with van der Waals surface area (Å²) >= 11 is 0. The van der Waals surface area contributed by atoms with Crippen LogP contribution in [-0.2, 0) is 4.79 Å². The highest BCUT2D eigenvalue weighted by molar-refractivity contribution is 5.82. The molecule has 3 unspecified atom stereocenters. The number of hydrogen-bond acceptors (Lipinski definition) is 2. The van der Waals surface area contributed by atoms with Crippen LogP contribution in [-0.4, -0.2) is 18.3 Å². The van der Waals surface area contributed by atoms with Crippen LogP contribution in [0.5, 0.6) is 0 Å². The number of nitrogens with two attached hydrogens (primary N) is 1. The van der Waals surface area contributed by atoms with Crippen molar-refractivity contribution >= 4 is 5.78 Å². The van der Waals surface area contributed by atoms with Crippen molar-refractivity contribution in [3.63, 3.8) is 0 Å². The Bertz CT molecular complexity index is 243. The Morgan fingerprint density at radius 1 is 1.53 bits per heavy atom. The first-order valence-electron chi connectivity index (χ1n) is 5.54. The molecule has 0 aliphatic heterocycles. The minimum atomic E-state index is -2.66. The summed E-state index contributed by atoms with van der Waals surface area (Å²) in [5, 5.41) is 0. The van der Waals surface area contributed by atoms with Gasteiger partial charge in [0.1, 0.15) is 5.78 Å². The Balaban J connectivity index is 2.81. The Hall–Kier alpha value is -0.510. The third-order valence-electron chi connectivity index (χ3n) is 3.65. The first-order chi connectivity index (χ1) is 6.94. The molecule has 0 bridgehead atoms. The van der Waals surface area contributed by atoms with Crippen LogP contribution < -0.4 is 5.73 Å². The lowest BCUT2D eigenvalue weighted by atomic mass is 9.69. The van der Waals surface area contributed by atoms with Gasteiger partial charge in [0.05, 0.1) is 0 Å². The molecule has 0 radical (unpaired) electrons. The van der Waals surface area contributed by atoms with Crippen molar-refractivity contribution in [1.82, 2.24) is 0 Å². The average Bonchev–Trinajstić information content (AvgIpc) is 2.18. The zero-order valence-corrected chi connectivity index (χ0v) is 9.30. The second kappa shape index (κ2) is 4.56. The van der Waals surface area contributed by atoms with Crippen LogP contribution in [0.25, 0.3) is 0 Å². The van der Waals surface area contributed by atoms with E-state index in [2.05, 4.69) is 0 Å². The lowest BCUT2D eigenvalue weighted by Crippen LogP contribution is -2.44. The minimum absolute atomic E-state index is 0.0492. The third-order valence-corrected chi connectivity index (χ3v) is 3.65. The molecule has 1 rings (SSSR count). The Morgan fingerprint density at radius 2 is 2.13 bits per heavy atom. The molecular weight excluding hydrogens is 200 g/mol. The van der Waals surface area contributed by atoms with Crippen LogP contribution in [0.1, 0.15) is 33.1 Å². The summed E-state index contributed by atoms with van der Waals surface area (Å²) in [4.78, 5) is 11.5. The van der Waals surface area contributed by atoms with E-state index < -0.39 is 11.8 Å². The molecule has 2 N–H and O–H groups in total. The maximum atomic E-state index is 13.6. The SMILES string of the molecule is CCC(F)(F)C1CCC(=O)C(CN)C1C. The first kappa shape index (κ1) is 12.6. The van der Waals surface area contributed by atoms with Gasteiger partial charge >= 0.3 is 0 Å². The number of hydrogen-bond donors (Lipinski definition) is 1. The summed E-state index contributed by atoms with van der Waals surface area (Å²) in [5.41, 5.74) is 5.47. The fourth-order valence-corrected chi connectivity index (χ4v) is 2.52. The summed E-state index contributed by atoms with van der Waals surface area (Å²) in [6, 6.07) is 0. The molecule has 3 atom stereocenters.